The van der Waals surface area contributed by atoms with Crippen molar-refractivity contribution in [1.82, 2.24) is 10.1 Å². The highest BCUT2D eigenvalue weighted by Crippen LogP contribution is 2.30. The topological polar surface area (TPSA) is 94.7 Å². The van der Waals surface area contributed by atoms with E-state index in [1.54, 1.807) is 12.1 Å². The summed E-state index contributed by atoms with van der Waals surface area (Å²) in [5.74, 6) is -0.218. The van der Waals surface area contributed by atoms with Crippen LogP contribution >= 0.6 is 0 Å². The van der Waals surface area contributed by atoms with Crippen molar-refractivity contribution in [2.24, 2.45) is 0 Å². The Morgan fingerprint density at radius 2 is 2.00 bits per heavy atom. The number of para-hydroxylation sites is 1. The summed E-state index contributed by atoms with van der Waals surface area (Å²) in [5.41, 5.74) is 1.85. The minimum atomic E-state index is -0.716. The first kappa shape index (κ1) is 16.5. The minimum Gasteiger partial charge on any atom is -0.504 e. The molecule has 0 unspecified atom stereocenters. The maximum absolute atomic E-state index is 12.1. The normalized spacial score (nSPS) is 10.5. The monoisotopic (exact) mass is 340 g/mol. The lowest BCUT2D eigenvalue weighted by Crippen LogP contribution is -2.06. The first-order valence-corrected chi connectivity index (χ1v) is 7.52. The van der Waals surface area contributed by atoms with Gasteiger partial charge in [0.2, 0.25) is 5.82 Å². The molecule has 3 aromatic rings. The number of rotatable bonds is 5. The number of aryl methyl sites for hydroxylation is 1. The van der Waals surface area contributed by atoms with E-state index in [1.807, 2.05) is 31.2 Å². The SMILES string of the molecule is COc1cccc(C(=O)OCc2nc(-c3ccccc3C)no2)c1O. The third-order valence-corrected chi connectivity index (χ3v) is 3.62. The maximum Gasteiger partial charge on any atom is 0.342 e. The van der Waals surface area contributed by atoms with Gasteiger partial charge in [-0.3, -0.25) is 0 Å². The first-order chi connectivity index (χ1) is 12.1. The molecule has 1 aromatic heterocycles. The van der Waals surface area contributed by atoms with Gasteiger partial charge in [-0.15, -0.1) is 0 Å². The summed E-state index contributed by atoms with van der Waals surface area (Å²) < 4.78 is 15.2. The van der Waals surface area contributed by atoms with Gasteiger partial charge in [0.05, 0.1) is 7.11 Å². The highest BCUT2D eigenvalue weighted by molar-refractivity contribution is 5.93. The smallest absolute Gasteiger partial charge is 0.342 e. The number of aromatic hydroxyl groups is 1. The second-order valence-electron chi connectivity index (χ2n) is 5.26. The highest BCUT2D eigenvalue weighted by Gasteiger charge is 2.18. The zero-order valence-electron chi connectivity index (χ0n) is 13.7. The van der Waals surface area contributed by atoms with Crippen LogP contribution in [0.1, 0.15) is 21.8 Å². The van der Waals surface area contributed by atoms with Crippen LogP contribution in [0, 0.1) is 6.92 Å². The number of nitrogens with zero attached hydrogens (tertiary/aromatic N) is 2. The van der Waals surface area contributed by atoms with E-state index < -0.39 is 5.97 Å². The number of benzene rings is 2. The van der Waals surface area contributed by atoms with Crippen molar-refractivity contribution in [3.63, 3.8) is 0 Å². The largest absolute Gasteiger partial charge is 0.504 e. The number of phenolic OH excluding ortho intramolecular Hbond substituents is 1. The molecule has 0 aliphatic carbocycles. The standard InChI is InChI=1S/C18H16N2O5/c1-11-6-3-4-7-12(11)17-19-15(25-20-17)10-24-18(22)13-8-5-9-14(23-2)16(13)21/h3-9,21H,10H2,1-2H3. The van der Waals surface area contributed by atoms with E-state index in [1.165, 1.54) is 13.2 Å². The third-order valence-electron chi connectivity index (χ3n) is 3.62. The van der Waals surface area contributed by atoms with Gasteiger partial charge in [-0.25, -0.2) is 4.79 Å². The Balaban J connectivity index is 1.71. The van der Waals surface area contributed by atoms with Gasteiger partial charge < -0.3 is 19.1 Å². The first-order valence-electron chi connectivity index (χ1n) is 7.52. The molecule has 0 bridgehead atoms. The van der Waals surface area contributed by atoms with Crippen LogP contribution in [0.2, 0.25) is 0 Å². The third kappa shape index (κ3) is 3.45. The number of carbonyl (C=O) groups excluding carboxylic acids is 1. The molecular weight excluding hydrogens is 324 g/mol. The van der Waals surface area contributed by atoms with Crippen LogP contribution in [0.25, 0.3) is 11.4 Å². The van der Waals surface area contributed by atoms with Gasteiger partial charge >= 0.3 is 5.97 Å². The van der Waals surface area contributed by atoms with E-state index in [4.69, 9.17) is 14.0 Å². The highest BCUT2D eigenvalue weighted by atomic mass is 16.6. The Kier molecular flexibility index (Phi) is 4.65. The Morgan fingerprint density at radius 3 is 2.76 bits per heavy atom. The molecule has 7 heteroatoms. The lowest BCUT2D eigenvalue weighted by molar-refractivity contribution is 0.0426. The van der Waals surface area contributed by atoms with Crippen LogP contribution < -0.4 is 4.74 Å². The minimum absolute atomic E-state index is 0.00186. The van der Waals surface area contributed by atoms with Gasteiger partial charge in [0.1, 0.15) is 5.56 Å². The second-order valence-corrected chi connectivity index (χ2v) is 5.26. The Bertz CT molecular complexity index is 904. The van der Waals surface area contributed by atoms with Gasteiger partial charge in [0.15, 0.2) is 18.1 Å². The molecule has 0 radical (unpaired) electrons. The lowest BCUT2D eigenvalue weighted by atomic mass is 10.1. The number of carbonyl (C=O) groups is 1. The molecule has 2 aromatic carbocycles. The molecule has 0 saturated heterocycles. The molecule has 7 nitrogen and oxygen atoms in total. The molecule has 0 atom stereocenters. The summed E-state index contributed by atoms with van der Waals surface area (Å²) in [7, 11) is 1.40. The van der Waals surface area contributed by atoms with Gasteiger partial charge in [0.25, 0.3) is 5.89 Å². The number of aromatic nitrogens is 2. The van der Waals surface area contributed by atoms with Gasteiger partial charge in [-0.2, -0.15) is 4.98 Å². The maximum atomic E-state index is 12.1. The van der Waals surface area contributed by atoms with Crippen molar-refractivity contribution in [3.8, 4) is 22.9 Å². The molecule has 0 spiro atoms. The molecule has 0 amide bonds. The van der Waals surface area contributed by atoms with Gasteiger partial charge in [-0.05, 0) is 24.6 Å². The Hall–Kier alpha value is -3.35. The lowest BCUT2D eigenvalue weighted by Gasteiger charge is -2.07. The molecule has 128 valence electrons. The van der Waals surface area contributed by atoms with Crippen molar-refractivity contribution < 1.29 is 23.9 Å². The molecule has 0 aliphatic heterocycles. The molecular formula is C18H16N2O5. The number of hydrogen-bond acceptors (Lipinski definition) is 7. The van der Waals surface area contributed by atoms with E-state index in [-0.39, 0.29) is 29.6 Å². The van der Waals surface area contributed by atoms with E-state index in [0.717, 1.165) is 11.1 Å². The van der Waals surface area contributed by atoms with E-state index in [0.29, 0.717) is 5.82 Å². The zero-order chi connectivity index (χ0) is 17.8. The van der Waals surface area contributed by atoms with Crippen LogP contribution in [-0.4, -0.2) is 28.3 Å². The molecule has 1 heterocycles. The fraction of sp³-hybridized carbons (Fsp3) is 0.167. The molecule has 0 aliphatic rings. The molecule has 0 saturated carbocycles. The van der Waals surface area contributed by atoms with E-state index in [2.05, 4.69) is 10.1 Å². The number of phenols is 1. The summed E-state index contributed by atoms with van der Waals surface area (Å²) >= 11 is 0. The molecule has 0 fully saturated rings. The summed E-state index contributed by atoms with van der Waals surface area (Å²) in [6.45, 7) is 1.74. The molecule has 3 rings (SSSR count). The van der Waals surface area contributed by atoms with Crippen molar-refractivity contribution in [3.05, 3.63) is 59.5 Å². The number of esters is 1. The summed E-state index contributed by atoms with van der Waals surface area (Å²) in [5, 5.41) is 13.9. The van der Waals surface area contributed by atoms with Crippen LogP contribution in [0.15, 0.2) is 47.0 Å². The molecule has 25 heavy (non-hydrogen) atoms. The zero-order valence-corrected chi connectivity index (χ0v) is 13.7. The average Bonchev–Trinajstić information content (AvgIpc) is 3.09. The fourth-order valence-electron chi connectivity index (χ4n) is 2.30. The van der Waals surface area contributed by atoms with Crippen LogP contribution in [-0.2, 0) is 11.3 Å². The predicted molar refractivity (Wildman–Crippen MR) is 88.2 cm³/mol. The fourth-order valence-corrected chi connectivity index (χ4v) is 2.30. The number of methoxy groups -OCH3 is 1. The van der Waals surface area contributed by atoms with Crippen molar-refractivity contribution in [2.45, 2.75) is 13.5 Å². The van der Waals surface area contributed by atoms with Gasteiger partial charge in [0, 0.05) is 5.56 Å². The van der Waals surface area contributed by atoms with Crippen LogP contribution in [0.5, 0.6) is 11.5 Å². The van der Waals surface area contributed by atoms with E-state index in [9.17, 15) is 9.90 Å². The predicted octanol–water partition coefficient (Wildman–Crippen LogP) is 3.12. The summed E-state index contributed by atoms with van der Waals surface area (Å²) in [6.07, 6.45) is 0. The molecule has 1 N–H and O–H groups in total. The average molecular weight is 340 g/mol. The number of hydrogen-bond donors (Lipinski definition) is 1. The van der Waals surface area contributed by atoms with Crippen molar-refractivity contribution in [2.75, 3.05) is 7.11 Å². The van der Waals surface area contributed by atoms with Gasteiger partial charge in [-0.1, -0.05) is 35.5 Å². The van der Waals surface area contributed by atoms with E-state index >= 15 is 0 Å². The van der Waals surface area contributed by atoms with Crippen molar-refractivity contribution >= 4 is 5.97 Å². The number of ether oxygens (including phenoxy) is 2. The Labute approximate surface area is 143 Å². The summed E-state index contributed by atoms with van der Waals surface area (Å²) in [4.78, 5) is 16.3. The van der Waals surface area contributed by atoms with Crippen molar-refractivity contribution in [1.29, 1.82) is 0 Å². The summed E-state index contributed by atoms with van der Waals surface area (Å²) in [6, 6.07) is 12.2. The Morgan fingerprint density at radius 1 is 1.20 bits per heavy atom. The van der Waals surface area contributed by atoms with Crippen LogP contribution in [0.4, 0.5) is 0 Å². The second kappa shape index (κ2) is 7.04. The quantitative estimate of drug-likeness (QED) is 0.713. The van der Waals surface area contributed by atoms with Crippen LogP contribution in [0.3, 0.4) is 0 Å².